The van der Waals surface area contributed by atoms with Gasteiger partial charge >= 0.3 is 0 Å². The Balaban J connectivity index is 1.32. The summed E-state index contributed by atoms with van der Waals surface area (Å²) in [5, 5.41) is 13.9. The molecule has 2 aromatic heterocycles. The minimum atomic E-state index is 0.240. The molecule has 0 saturated heterocycles. The Morgan fingerprint density at radius 2 is 1.84 bits per heavy atom. The van der Waals surface area contributed by atoms with Gasteiger partial charge in [-0.15, -0.1) is 5.10 Å². The van der Waals surface area contributed by atoms with Crippen LogP contribution in [0.4, 0.5) is 5.95 Å². The molecular formula is C30H31N5O2. The van der Waals surface area contributed by atoms with Crippen molar-refractivity contribution < 1.29 is 9.53 Å². The number of carbonyl (C=O) groups is 1. The van der Waals surface area contributed by atoms with Crippen molar-refractivity contribution in [1.82, 2.24) is 20.2 Å². The van der Waals surface area contributed by atoms with E-state index in [-0.39, 0.29) is 5.92 Å². The van der Waals surface area contributed by atoms with Gasteiger partial charge in [0.15, 0.2) is 0 Å². The predicted molar refractivity (Wildman–Crippen MR) is 144 cm³/mol. The highest BCUT2D eigenvalue weighted by Crippen LogP contribution is 2.38. The summed E-state index contributed by atoms with van der Waals surface area (Å²) in [5.41, 5.74) is 3.50. The SMILES string of the molecule is Cc1ccc2c(CC(=O)C3CC3)cccc2c1Oc1nnccc1-c1ccnc(NC2CCCCC2)n1. The largest absolute Gasteiger partial charge is 0.436 e. The fraction of sp³-hybridized carbons (Fsp3) is 0.367. The Morgan fingerprint density at radius 1 is 0.973 bits per heavy atom. The first-order valence-corrected chi connectivity index (χ1v) is 13.3. The number of nitrogens with one attached hydrogen (secondary N) is 1. The van der Waals surface area contributed by atoms with Crippen molar-refractivity contribution >= 4 is 22.5 Å². The first-order valence-electron chi connectivity index (χ1n) is 13.3. The molecule has 2 aromatic carbocycles. The van der Waals surface area contributed by atoms with Gasteiger partial charge in [0.05, 0.1) is 17.5 Å². The second kappa shape index (κ2) is 10.2. The van der Waals surface area contributed by atoms with Gasteiger partial charge in [-0.2, -0.15) is 5.10 Å². The number of benzene rings is 2. The predicted octanol–water partition coefficient (Wildman–Crippen LogP) is 6.45. The first-order chi connectivity index (χ1) is 18.2. The first kappa shape index (κ1) is 23.5. The summed E-state index contributed by atoms with van der Waals surface area (Å²) in [5.74, 6) is 2.30. The van der Waals surface area contributed by atoms with Crippen molar-refractivity contribution in [1.29, 1.82) is 0 Å². The molecule has 0 spiro atoms. The monoisotopic (exact) mass is 493 g/mol. The summed E-state index contributed by atoms with van der Waals surface area (Å²) < 4.78 is 6.48. The molecule has 7 nitrogen and oxygen atoms in total. The Kier molecular flexibility index (Phi) is 6.51. The van der Waals surface area contributed by atoms with E-state index in [0.717, 1.165) is 64.6 Å². The van der Waals surface area contributed by atoms with E-state index in [1.165, 1.54) is 19.3 Å². The van der Waals surface area contributed by atoms with Crippen LogP contribution < -0.4 is 10.1 Å². The molecule has 1 N–H and O–H groups in total. The Hall–Kier alpha value is -3.87. The van der Waals surface area contributed by atoms with Crippen molar-refractivity contribution in [2.75, 3.05) is 5.32 Å². The average molecular weight is 494 g/mol. The second-order valence-corrected chi connectivity index (χ2v) is 10.2. The maximum absolute atomic E-state index is 12.5. The van der Waals surface area contributed by atoms with Crippen molar-refractivity contribution in [3.05, 3.63) is 66.0 Å². The van der Waals surface area contributed by atoms with Crippen LogP contribution in [-0.2, 0) is 11.2 Å². The molecule has 2 aliphatic carbocycles. The van der Waals surface area contributed by atoms with Crippen LogP contribution >= 0.6 is 0 Å². The molecule has 2 heterocycles. The minimum Gasteiger partial charge on any atom is -0.436 e. The van der Waals surface area contributed by atoms with Gasteiger partial charge in [-0.1, -0.05) is 49.6 Å². The van der Waals surface area contributed by atoms with Gasteiger partial charge in [0.25, 0.3) is 0 Å². The van der Waals surface area contributed by atoms with Gasteiger partial charge in [0.1, 0.15) is 11.5 Å². The number of hydrogen-bond donors (Lipinski definition) is 1. The topological polar surface area (TPSA) is 89.9 Å². The van der Waals surface area contributed by atoms with Crippen LogP contribution in [0.15, 0.2) is 54.9 Å². The maximum Gasteiger partial charge on any atom is 0.248 e. The van der Waals surface area contributed by atoms with E-state index in [4.69, 9.17) is 9.72 Å². The zero-order valence-corrected chi connectivity index (χ0v) is 21.1. The van der Waals surface area contributed by atoms with Gasteiger partial charge in [-0.25, -0.2) is 9.97 Å². The number of hydrogen-bond acceptors (Lipinski definition) is 7. The average Bonchev–Trinajstić information content (AvgIpc) is 3.77. The normalized spacial score (nSPS) is 16.0. The quantitative estimate of drug-likeness (QED) is 0.301. The van der Waals surface area contributed by atoms with E-state index in [1.54, 1.807) is 12.4 Å². The summed E-state index contributed by atoms with van der Waals surface area (Å²) in [6.07, 6.45) is 12.0. The highest BCUT2D eigenvalue weighted by Gasteiger charge is 2.29. The Bertz CT molecular complexity index is 1440. The third kappa shape index (κ3) is 5.17. The van der Waals surface area contributed by atoms with Crippen LogP contribution in [0.2, 0.25) is 0 Å². The third-order valence-corrected chi connectivity index (χ3v) is 7.45. The van der Waals surface area contributed by atoms with Crippen LogP contribution in [0.5, 0.6) is 11.6 Å². The molecule has 37 heavy (non-hydrogen) atoms. The number of fused-ring (bicyclic) bond motifs is 1. The number of carbonyl (C=O) groups excluding carboxylic acids is 1. The van der Waals surface area contributed by atoms with Gasteiger partial charge in [0, 0.05) is 30.0 Å². The summed E-state index contributed by atoms with van der Waals surface area (Å²) in [6, 6.07) is 14.3. The molecule has 0 radical (unpaired) electrons. The van der Waals surface area contributed by atoms with E-state index in [9.17, 15) is 4.79 Å². The number of rotatable bonds is 8. The molecule has 188 valence electrons. The lowest BCUT2D eigenvalue weighted by atomic mass is 9.96. The number of aromatic nitrogens is 4. The van der Waals surface area contributed by atoms with E-state index < -0.39 is 0 Å². The van der Waals surface area contributed by atoms with Crippen LogP contribution in [0.3, 0.4) is 0 Å². The third-order valence-electron chi connectivity index (χ3n) is 7.45. The standard InChI is InChI=1S/C30H31N5O2/c1-19-10-13-23-21(18-27(36)20-11-12-20)6-5-9-24(23)28(19)37-29-25(14-17-32-35-29)26-15-16-31-30(34-26)33-22-7-3-2-4-8-22/h5-6,9-10,13-17,20,22H,2-4,7-8,11-12,18H2,1H3,(H,31,33,34). The fourth-order valence-corrected chi connectivity index (χ4v) is 5.22. The van der Waals surface area contributed by atoms with Crippen LogP contribution in [0.1, 0.15) is 56.1 Å². The van der Waals surface area contributed by atoms with E-state index >= 15 is 0 Å². The molecule has 2 fully saturated rings. The minimum absolute atomic E-state index is 0.240. The molecular weight excluding hydrogens is 462 g/mol. The smallest absolute Gasteiger partial charge is 0.248 e. The highest BCUT2D eigenvalue weighted by molar-refractivity contribution is 5.96. The summed E-state index contributed by atoms with van der Waals surface area (Å²) in [4.78, 5) is 21.8. The Labute approximate surface area is 216 Å². The van der Waals surface area contributed by atoms with Crippen LogP contribution in [0, 0.1) is 12.8 Å². The van der Waals surface area contributed by atoms with Crippen LogP contribution in [-0.4, -0.2) is 32.0 Å². The summed E-state index contributed by atoms with van der Waals surface area (Å²) >= 11 is 0. The molecule has 2 saturated carbocycles. The lowest BCUT2D eigenvalue weighted by molar-refractivity contribution is -0.119. The number of ether oxygens (including phenoxy) is 1. The van der Waals surface area contributed by atoms with Crippen LogP contribution in [0.25, 0.3) is 22.0 Å². The number of nitrogens with zero attached hydrogens (tertiary/aromatic N) is 4. The molecule has 2 aliphatic rings. The van der Waals surface area contributed by atoms with E-state index in [0.29, 0.717) is 30.1 Å². The zero-order chi connectivity index (χ0) is 25.2. The molecule has 6 rings (SSSR count). The van der Waals surface area contributed by atoms with E-state index in [2.05, 4.69) is 26.6 Å². The van der Waals surface area contributed by atoms with Gasteiger partial charge in [-0.3, -0.25) is 4.79 Å². The molecule has 7 heteroatoms. The molecule has 0 unspecified atom stereocenters. The maximum atomic E-state index is 12.5. The molecule has 0 aliphatic heterocycles. The lowest BCUT2D eigenvalue weighted by Crippen LogP contribution is -2.23. The second-order valence-electron chi connectivity index (χ2n) is 10.2. The number of ketones is 1. The summed E-state index contributed by atoms with van der Waals surface area (Å²) in [6.45, 7) is 2.02. The van der Waals surface area contributed by atoms with Gasteiger partial charge in [0.2, 0.25) is 11.8 Å². The summed E-state index contributed by atoms with van der Waals surface area (Å²) in [7, 11) is 0. The van der Waals surface area contributed by atoms with E-state index in [1.807, 2.05) is 43.3 Å². The zero-order valence-electron chi connectivity index (χ0n) is 21.1. The number of Topliss-reactive ketones (excluding diaryl/α,β-unsaturated/α-hetero) is 1. The number of aryl methyl sites for hydroxylation is 1. The van der Waals surface area contributed by atoms with Crippen molar-refractivity contribution in [3.8, 4) is 22.9 Å². The van der Waals surface area contributed by atoms with Gasteiger partial charge in [-0.05, 0) is 61.3 Å². The van der Waals surface area contributed by atoms with Crippen molar-refractivity contribution in [2.24, 2.45) is 5.92 Å². The molecule has 0 bridgehead atoms. The number of anilines is 1. The highest BCUT2D eigenvalue weighted by atomic mass is 16.5. The van der Waals surface area contributed by atoms with Crippen molar-refractivity contribution in [3.63, 3.8) is 0 Å². The van der Waals surface area contributed by atoms with Gasteiger partial charge < -0.3 is 10.1 Å². The van der Waals surface area contributed by atoms with Crippen molar-refractivity contribution in [2.45, 2.75) is 64.3 Å². The molecule has 0 amide bonds. The molecule has 4 aromatic rings. The molecule has 0 atom stereocenters. The lowest BCUT2D eigenvalue weighted by Gasteiger charge is -2.22. The Morgan fingerprint density at radius 3 is 2.68 bits per heavy atom. The fourth-order valence-electron chi connectivity index (χ4n) is 5.22.